The van der Waals surface area contributed by atoms with Crippen molar-refractivity contribution in [3.05, 3.63) is 29.8 Å². The van der Waals surface area contributed by atoms with Crippen molar-refractivity contribution < 1.29 is 14.6 Å². The Morgan fingerprint density at radius 3 is 2.60 bits per heavy atom. The molecular weight excluding hydrogens is 254 g/mol. The van der Waals surface area contributed by atoms with E-state index in [1.165, 1.54) is 12.8 Å². The number of hydrogen-bond donors (Lipinski definition) is 2. The molecule has 1 aliphatic rings. The van der Waals surface area contributed by atoms with Gasteiger partial charge in [-0.25, -0.2) is 0 Å². The molecule has 1 saturated carbocycles. The third-order valence-electron chi connectivity index (χ3n) is 3.74. The monoisotopic (exact) mass is 277 g/mol. The Bertz CT molecular complexity index is 453. The largest absolute Gasteiger partial charge is 0.481 e. The summed E-state index contributed by atoms with van der Waals surface area (Å²) in [4.78, 5) is 12.1. The van der Waals surface area contributed by atoms with Gasteiger partial charge >= 0.3 is 0 Å². The second-order valence-electron chi connectivity index (χ2n) is 5.46. The van der Waals surface area contributed by atoms with Crippen LogP contribution in [-0.4, -0.2) is 23.2 Å². The highest BCUT2D eigenvalue weighted by molar-refractivity contribution is 5.81. The Kier molecular flexibility index (Phi) is 5.01. The number of ether oxygens (including phenoxy) is 1. The van der Waals surface area contributed by atoms with Crippen molar-refractivity contribution in [3.8, 4) is 5.75 Å². The average Bonchev–Trinajstić information content (AvgIpc) is 2.91. The van der Waals surface area contributed by atoms with Gasteiger partial charge in [0, 0.05) is 11.6 Å². The summed E-state index contributed by atoms with van der Waals surface area (Å²) >= 11 is 0. The van der Waals surface area contributed by atoms with E-state index in [-0.39, 0.29) is 5.91 Å². The van der Waals surface area contributed by atoms with Crippen molar-refractivity contribution in [2.75, 3.05) is 0 Å². The van der Waals surface area contributed by atoms with Crippen LogP contribution in [0.25, 0.3) is 0 Å². The van der Waals surface area contributed by atoms with Crippen LogP contribution < -0.4 is 10.1 Å². The quantitative estimate of drug-likeness (QED) is 0.869. The second kappa shape index (κ2) is 6.75. The smallest absolute Gasteiger partial charge is 0.260 e. The van der Waals surface area contributed by atoms with Gasteiger partial charge in [-0.1, -0.05) is 31.0 Å². The summed E-state index contributed by atoms with van der Waals surface area (Å²) in [6.45, 7) is 3.43. The molecule has 1 aliphatic carbocycles. The van der Waals surface area contributed by atoms with Crippen LogP contribution in [0, 0.1) is 0 Å². The fourth-order valence-corrected chi connectivity index (χ4v) is 2.57. The van der Waals surface area contributed by atoms with E-state index >= 15 is 0 Å². The molecule has 20 heavy (non-hydrogen) atoms. The van der Waals surface area contributed by atoms with E-state index in [0.29, 0.717) is 17.4 Å². The lowest BCUT2D eigenvalue weighted by Crippen LogP contribution is -2.41. The summed E-state index contributed by atoms with van der Waals surface area (Å²) in [5.41, 5.74) is 0.702. The molecule has 4 nitrogen and oxygen atoms in total. The lowest BCUT2D eigenvalue weighted by molar-refractivity contribution is -0.128. The van der Waals surface area contributed by atoms with Crippen LogP contribution >= 0.6 is 0 Å². The zero-order chi connectivity index (χ0) is 14.5. The molecule has 1 aromatic rings. The Hall–Kier alpha value is -1.55. The average molecular weight is 277 g/mol. The first-order valence-electron chi connectivity index (χ1n) is 7.32. The van der Waals surface area contributed by atoms with Crippen molar-refractivity contribution in [1.29, 1.82) is 0 Å². The zero-order valence-electron chi connectivity index (χ0n) is 12.1. The Morgan fingerprint density at radius 2 is 1.95 bits per heavy atom. The van der Waals surface area contributed by atoms with Gasteiger partial charge in [0.2, 0.25) is 0 Å². The summed E-state index contributed by atoms with van der Waals surface area (Å²) < 4.78 is 5.71. The highest BCUT2D eigenvalue weighted by Crippen LogP contribution is 2.25. The van der Waals surface area contributed by atoms with Gasteiger partial charge in [-0.3, -0.25) is 4.79 Å². The minimum atomic E-state index is -0.615. The third-order valence-corrected chi connectivity index (χ3v) is 3.74. The number of aliphatic hydroxyl groups excluding tert-OH is 1. The lowest BCUT2D eigenvalue weighted by Gasteiger charge is -2.20. The van der Waals surface area contributed by atoms with Crippen LogP contribution in [0.2, 0.25) is 0 Å². The Balaban J connectivity index is 1.96. The van der Waals surface area contributed by atoms with E-state index in [1.807, 2.05) is 18.2 Å². The van der Waals surface area contributed by atoms with Crippen LogP contribution in [0.3, 0.4) is 0 Å². The standard InChI is InChI=1S/C16H23NO3/c1-11(18)14-9-5-6-10-15(14)20-12(2)16(19)17-13-7-3-4-8-13/h5-6,9-13,18H,3-4,7-8H2,1-2H3,(H,17,19)/t11-,12?/m1/s1. The number of carbonyl (C=O) groups excluding carboxylic acids is 1. The SMILES string of the molecule is CC(Oc1ccccc1[C@@H](C)O)C(=O)NC1CCCC1. The molecule has 1 amide bonds. The van der Waals surface area contributed by atoms with Crippen LogP contribution in [-0.2, 0) is 4.79 Å². The Labute approximate surface area is 120 Å². The van der Waals surface area contributed by atoms with Gasteiger partial charge in [0.25, 0.3) is 5.91 Å². The van der Waals surface area contributed by atoms with Crippen LogP contribution in [0.4, 0.5) is 0 Å². The molecule has 2 N–H and O–H groups in total. The predicted octanol–water partition coefficient (Wildman–Crippen LogP) is 2.57. The van der Waals surface area contributed by atoms with Crippen molar-refractivity contribution in [1.82, 2.24) is 5.32 Å². The normalized spacial score (nSPS) is 18.6. The number of nitrogens with one attached hydrogen (secondary N) is 1. The first kappa shape index (κ1) is 14.9. The molecule has 0 radical (unpaired) electrons. The molecular formula is C16H23NO3. The molecule has 0 heterocycles. The van der Waals surface area contributed by atoms with Gasteiger partial charge in [0.1, 0.15) is 5.75 Å². The molecule has 1 aromatic carbocycles. The number of carbonyl (C=O) groups is 1. The maximum atomic E-state index is 12.1. The molecule has 110 valence electrons. The summed E-state index contributed by atoms with van der Waals surface area (Å²) in [7, 11) is 0. The predicted molar refractivity (Wildman–Crippen MR) is 77.6 cm³/mol. The van der Waals surface area contributed by atoms with E-state index in [0.717, 1.165) is 12.8 Å². The van der Waals surface area contributed by atoms with Gasteiger partial charge in [-0.15, -0.1) is 0 Å². The molecule has 2 rings (SSSR count). The zero-order valence-corrected chi connectivity index (χ0v) is 12.1. The lowest BCUT2D eigenvalue weighted by atomic mass is 10.1. The van der Waals surface area contributed by atoms with Crippen molar-refractivity contribution >= 4 is 5.91 Å². The van der Waals surface area contributed by atoms with Crippen molar-refractivity contribution in [2.45, 2.75) is 57.8 Å². The van der Waals surface area contributed by atoms with Crippen LogP contribution in [0.1, 0.15) is 51.2 Å². The molecule has 1 unspecified atom stereocenters. The van der Waals surface area contributed by atoms with Crippen molar-refractivity contribution in [3.63, 3.8) is 0 Å². The van der Waals surface area contributed by atoms with E-state index in [1.54, 1.807) is 19.9 Å². The number of benzene rings is 1. The van der Waals surface area contributed by atoms with Gasteiger partial charge in [0.05, 0.1) is 6.10 Å². The minimum Gasteiger partial charge on any atom is -0.481 e. The van der Waals surface area contributed by atoms with E-state index in [4.69, 9.17) is 4.74 Å². The first-order chi connectivity index (χ1) is 9.58. The fraction of sp³-hybridized carbons (Fsp3) is 0.562. The Morgan fingerprint density at radius 1 is 1.30 bits per heavy atom. The van der Waals surface area contributed by atoms with Gasteiger partial charge < -0.3 is 15.2 Å². The number of para-hydroxylation sites is 1. The topological polar surface area (TPSA) is 58.6 Å². The summed E-state index contributed by atoms with van der Waals surface area (Å²) in [6.07, 6.45) is 3.31. The highest BCUT2D eigenvalue weighted by atomic mass is 16.5. The van der Waals surface area contributed by atoms with Gasteiger partial charge in [-0.05, 0) is 32.8 Å². The first-order valence-corrected chi connectivity index (χ1v) is 7.32. The maximum Gasteiger partial charge on any atom is 0.260 e. The summed E-state index contributed by atoms with van der Waals surface area (Å²) in [6, 6.07) is 7.56. The highest BCUT2D eigenvalue weighted by Gasteiger charge is 2.22. The summed E-state index contributed by atoms with van der Waals surface area (Å²) in [5, 5.41) is 12.7. The van der Waals surface area contributed by atoms with E-state index in [9.17, 15) is 9.90 Å². The minimum absolute atomic E-state index is 0.0858. The number of rotatable bonds is 5. The fourth-order valence-electron chi connectivity index (χ4n) is 2.57. The molecule has 0 bridgehead atoms. The van der Waals surface area contributed by atoms with Crippen LogP contribution in [0.5, 0.6) is 5.75 Å². The molecule has 4 heteroatoms. The van der Waals surface area contributed by atoms with E-state index in [2.05, 4.69) is 5.32 Å². The number of amides is 1. The number of aliphatic hydroxyl groups is 1. The van der Waals surface area contributed by atoms with Crippen LogP contribution in [0.15, 0.2) is 24.3 Å². The molecule has 0 saturated heterocycles. The van der Waals surface area contributed by atoms with E-state index < -0.39 is 12.2 Å². The maximum absolute atomic E-state index is 12.1. The van der Waals surface area contributed by atoms with Gasteiger partial charge in [0.15, 0.2) is 6.10 Å². The number of hydrogen-bond acceptors (Lipinski definition) is 3. The molecule has 1 fully saturated rings. The molecule has 0 aliphatic heterocycles. The summed E-state index contributed by atoms with van der Waals surface area (Å²) in [5.74, 6) is 0.480. The molecule has 2 atom stereocenters. The van der Waals surface area contributed by atoms with Crippen molar-refractivity contribution in [2.24, 2.45) is 0 Å². The second-order valence-corrected chi connectivity index (χ2v) is 5.46. The molecule has 0 spiro atoms. The third kappa shape index (κ3) is 3.73. The van der Waals surface area contributed by atoms with Gasteiger partial charge in [-0.2, -0.15) is 0 Å². The molecule has 0 aromatic heterocycles.